The van der Waals surface area contributed by atoms with Gasteiger partial charge in [0.05, 0.1) is 11.1 Å². The molecule has 0 spiro atoms. The Labute approximate surface area is 339 Å². The minimum atomic E-state index is -0.0613. The summed E-state index contributed by atoms with van der Waals surface area (Å²) in [4.78, 5) is 32.6. The number of hydrogen-bond acceptors (Lipinski definition) is 6. The fourth-order valence-corrected chi connectivity index (χ4v) is 7.63. The molecule has 8 heteroatoms. The van der Waals surface area contributed by atoms with Crippen LogP contribution in [0.2, 0.25) is 0 Å². The Balaban J connectivity index is 0.00000676. The zero-order chi connectivity index (χ0) is 36.1. The summed E-state index contributed by atoms with van der Waals surface area (Å²) in [5, 5.41) is 7.16. The van der Waals surface area contributed by atoms with Crippen molar-refractivity contribution in [3.63, 3.8) is 0 Å². The molecule has 296 valence electrons. The second-order valence-corrected chi connectivity index (χ2v) is 15.3. The van der Waals surface area contributed by atoms with Crippen molar-refractivity contribution in [2.75, 3.05) is 51.9 Å². The SMILES string of the molecule is Br.Br.CCCCCCCCCC(CCCNc1ccc(NCCCC(CCCCCCCCC)N(C)C)c2c1C(=O)c1ccccc1C2=O)N(C)C. The Hall–Kier alpha value is -1.74. The molecule has 52 heavy (non-hydrogen) atoms. The quantitative estimate of drug-likeness (QED) is 0.0710. The predicted molar refractivity (Wildman–Crippen MR) is 236 cm³/mol. The smallest absolute Gasteiger partial charge is 0.196 e. The number of rotatable bonds is 28. The lowest BCUT2D eigenvalue weighted by molar-refractivity contribution is 0.0980. The summed E-state index contributed by atoms with van der Waals surface area (Å²) in [6, 6.07) is 12.4. The Bertz CT molecular complexity index is 1190. The van der Waals surface area contributed by atoms with Gasteiger partial charge in [-0.25, -0.2) is 0 Å². The first-order valence-corrected chi connectivity index (χ1v) is 20.5. The fourth-order valence-electron chi connectivity index (χ4n) is 7.63. The molecule has 2 aromatic rings. The Morgan fingerprint density at radius 2 is 0.808 bits per heavy atom. The van der Waals surface area contributed by atoms with Gasteiger partial charge >= 0.3 is 0 Å². The zero-order valence-corrected chi connectivity index (χ0v) is 37.1. The second kappa shape index (κ2) is 27.8. The molecule has 0 amide bonds. The van der Waals surface area contributed by atoms with Crippen LogP contribution in [0.1, 0.15) is 174 Å². The van der Waals surface area contributed by atoms with E-state index >= 15 is 0 Å². The van der Waals surface area contributed by atoms with Crippen LogP contribution >= 0.6 is 34.0 Å². The molecule has 0 saturated heterocycles. The number of carbonyl (C=O) groups is 2. The number of anilines is 2. The molecular weight excluding hydrogens is 776 g/mol. The third-order valence-corrected chi connectivity index (χ3v) is 10.9. The molecule has 0 radical (unpaired) electrons. The van der Waals surface area contributed by atoms with Crippen molar-refractivity contribution in [3.8, 4) is 0 Å². The standard InChI is InChI=1S/C44H72N4O2.2BrH/c1-7-9-11-13-15-17-19-25-35(47(3)4)27-23-33-45-39-31-32-40(42-41(39)43(49)37-29-21-22-30-38(37)44(42)50)46-34-24-28-36(48(5)6)26-20-18-16-14-12-10-8-2;;/h21-22,29-32,35-36,45-46H,7-20,23-28,33-34H2,1-6H3;2*1H. The predicted octanol–water partition coefficient (Wildman–Crippen LogP) is 12.1. The first-order valence-electron chi connectivity index (χ1n) is 20.5. The Kier molecular flexibility index (Phi) is 25.8. The number of unbranched alkanes of at least 4 members (excludes halogenated alkanes) is 12. The summed E-state index contributed by atoms with van der Waals surface area (Å²) in [7, 11) is 8.78. The average molecular weight is 851 g/mol. The maximum atomic E-state index is 13.9. The lowest BCUT2D eigenvalue weighted by Gasteiger charge is -2.26. The third-order valence-electron chi connectivity index (χ3n) is 10.9. The number of carbonyl (C=O) groups excluding carboxylic acids is 2. The van der Waals surface area contributed by atoms with Crippen LogP contribution in [-0.4, -0.2) is 74.7 Å². The second-order valence-electron chi connectivity index (χ2n) is 15.3. The number of benzene rings is 2. The van der Waals surface area contributed by atoms with Gasteiger partial charge in [0.2, 0.25) is 0 Å². The molecule has 0 saturated carbocycles. The topological polar surface area (TPSA) is 64.7 Å². The summed E-state index contributed by atoms with van der Waals surface area (Å²) in [6.45, 7) is 6.09. The van der Waals surface area contributed by atoms with E-state index in [-0.39, 0.29) is 45.5 Å². The van der Waals surface area contributed by atoms with Crippen LogP contribution in [0.5, 0.6) is 0 Å². The number of hydrogen-bond donors (Lipinski definition) is 2. The minimum absolute atomic E-state index is 0. The van der Waals surface area contributed by atoms with Gasteiger partial charge in [0.15, 0.2) is 11.6 Å². The van der Waals surface area contributed by atoms with Gasteiger partial charge in [0.25, 0.3) is 0 Å². The molecule has 0 fully saturated rings. The summed E-state index contributed by atoms with van der Waals surface area (Å²) in [6.07, 6.45) is 25.4. The summed E-state index contributed by atoms with van der Waals surface area (Å²) in [5.74, 6) is -0.123. The van der Waals surface area contributed by atoms with Crippen LogP contribution in [0.4, 0.5) is 11.4 Å². The molecular formula is C44H74Br2N4O2. The van der Waals surface area contributed by atoms with Crippen LogP contribution in [0.15, 0.2) is 36.4 Å². The average Bonchev–Trinajstić information content (AvgIpc) is 3.11. The van der Waals surface area contributed by atoms with Crippen LogP contribution in [-0.2, 0) is 0 Å². The van der Waals surface area contributed by atoms with Crippen molar-refractivity contribution >= 4 is 56.9 Å². The third kappa shape index (κ3) is 15.9. The van der Waals surface area contributed by atoms with Crippen molar-refractivity contribution in [3.05, 3.63) is 58.7 Å². The largest absolute Gasteiger partial charge is 0.384 e. The maximum Gasteiger partial charge on any atom is 0.196 e. The molecule has 2 aromatic carbocycles. The summed E-state index contributed by atoms with van der Waals surface area (Å²) >= 11 is 0. The Morgan fingerprint density at radius 1 is 0.481 bits per heavy atom. The maximum absolute atomic E-state index is 13.9. The van der Waals surface area contributed by atoms with Crippen molar-refractivity contribution < 1.29 is 9.59 Å². The van der Waals surface area contributed by atoms with E-state index in [0.717, 1.165) is 50.1 Å². The van der Waals surface area contributed by atoms with Gasteiger partial charge < -0.3 is 20.4 Å². The number of nitrogens with one attached hydrogen (secondary N) is 2. The van der Waals surface area contributed by atoms with Gasteiger partial charge in [-0.3, -0.25) is 9.59 Å². The number of halogens is 2. The highest BCUT2D eigenvalue weighted by Crippen LogP contribution is 2.36. The van der Waals surface area contributed by atoms with E-state index in [4.69, 9.17) is 0 Å². The van der Waals surface area contributed by atoms with E-state index in [1.165, 1.54) is 103 Å². The molecule has 0 aliphatic heterocycles. The highest BCUT2D eigenvalue weighted by atomic mass is 79.9. The van der Waals surface area contributed by atoms with Crippen molar-refractivity contribution in [2.24, 2.45) is 0 Å². The first-order chi connectivity index (χ1) is 24.3. The molecule has 0 bridgehead atoms. The van der Waals surface area contributed by atoms with Gasteiger partial charge in [-0.1, -0.05) is 128 Å². The summed E-state index contributed by atoms with van der Waals surface area (Å²) in [5.41, 5.74) is 3.61. The molecule has 6 nitrogen and oxygen atoms in total. The van der Waals surface area contributed by atoms with Gasteiger partial charge in [-0.05, 0) is 78.8 Å². The molecule has 3 rings (SSSR count). The zero-order valence-electron chi connectivity index (χ0n) is 33.7. The number of fused-ring (bicyclic) bond motifs is 2. The van der Waals surface area contributed by atoms with E-state index < -0.39 is 0 Å². The lowest BCUT2D eigenvalue weighted by Crippen LogP contribution is -2.29. The normalized spacial score (nSPS) is 13.3. The minimum Gasteiger partial charge on any atom is -0.384 e. The van der Waals surface area contributed by atoms with E-state index in [2.05, 4.69) is 62.5 Å². The van der Waals surface area contributed by atoms with E-state index in [1.54, 1.807) is 12.1 Å². The first kappa shape index (κ1) is 48.3. The van der Waals surface area contributed by atoms with Crippen LogP contribution in [0.3, 0.4) is 0 Å². The molecule has 0 aromatic heterocycles. The monoisotopic (exact) mass is 848 g/mol. The van der Waals surface area contributed by atoms with Gasteiger partial charge in [0.1, 0.15) is 0 Å². The van der Waals surface area contributed by atoms with Crippen LogP contribution < -0.4 is 10.6 Å². The van der Waals surface area contributed by atoms with Crippen LogP contribution in [0.25, 0.3) is 0 Å². The molecule has 2 unspecified atom stereocenters. The van der Waals surface area contributed by atoms with E-state index in [1.807, 2.05) is 24.3 Å². The van der Waals surface area contributed by atoms with E-state index in [9.17, 15) is 9.59 Å². The summed E-state index contributed by atoms with van der Waals surface area (Å²) < 4.78 is 0. The molecule has 0 heterocycles. The highest BCUT2D eigenvalue weighted by Gasteiger charge is 2.33. The van der Waals surface area contributed by atoms with Crippen molar-refractivity contribution in [1.29, 1.82) is 0 Å². The fraction of sp³-hybridized carbons (Fsp3) is 0.682. The molecule has 1 aliphatic rings. The lowest BCUT2D eigenvalue weighted by atomic mass is 9.82. The van der Waals surface area contributed by atoms with Crippen molar-refractivity contribution in [1.82, 2.24) is 9.80 Å². The van der Waals surface area contributed by atoms with Crippen molar-refractivity contribution in [2.45, 2.75) is 154 Å². The van der Waals surface area contributed by atoms with Gasteiger partial charge in [-0.2, -0.15) is 0 Å². The van der Waals surface area contributed by atoms with Gasteiger partial charge in [0, 0.05) is 47.7 Å². The number of nitrogens with zero attached hydrogens (tertiary/aromatic N) is 2. The highest BCUT2D eigenvalue weighted by molar-refractivity contribution is 8.93. The molecule has 2 atom stereocenters. The molecule has 1 aliphatic carbocycles. The van der Waals surface area contributed by atoms with E-state index in [0.29, 0.717) is 34.3 Å². The van der Waals surface area contributed by atoms with Crippen LogP contribution in [0, 0.1) is 0 Å². The molecule has 2 N–H and O–H groups in total. The Morgan fingerprint density at radius 3 is 1.15 bits per heavy atom. The van der Waals surface area contributed by atoms with Gasteiger partial charge in [-0.15, -0.1) is 34.0 Å². The number of ketones is 2.